The molecule has 1 aromatic carbocycles. The molecule has 4 nitrogen and oxygen atoms in total. The number of aromatic nitrogens is 1. The summed E-state index contributed by atoms with van der Waals surface area (Å²) in [6.07, 6.45) is 0. The highest BCUT2D eigenvalue weighted by atomic mass is 127. The molecule has 76 valence electrons. The predicted octanol–water partition coefficient (Wildman–Crippen LogP) is 2.64. The zero-order valence-electron chi connectivity index (χ0n) is 7.48. The highest BCUT2D eigenvalue weighted by molar-refractivity contribution is 14.1. The third kappa shape index (κ3) is 1.87. The molecule has 0 saturated carbocycles. The van der Waals surface area contributed by atoms with Crippen molar-refractivity contribution in [1.82, 2.24) is 5.16 Å². The van der Waals surface area contributed by atoms with E-state index in [1.165, 1.54) is 0 Å². The minimum Gasteiger partial charge on any atom is -0.476 e. The van der Waals surface area contributed by atoms with Gasteiger partial charge in [0.1, 0.15) is 0 Å². The highest BCUT2D eigenvalue weighted by Gasteiger charge is 2.19. The van der Waals surface area contributed by atoms with Crippen molar-refractivity contribution < 1.29 is 14.4 Å². The van der Waals surface area contributed by atoms with Crippen LogP contribution in [0.3, 0.4) is 0 Å². The lowest BCUT2D eigenvalue weighted by Crippen LogP contribution is -1.98. The molecule has 0 spiro atoms. The van der Waals surface area contributed by atoms with Crippen LogP contribution in [0.2, 0.25) is 0 Å². The number of hydrogen-bond donors (Lipinski definition) is 1. The number of benzene rings is 1. The average Bonchev–Trinajstić information content (AvgIpc) is 2.61. The third-order valence-corrected chi connectivity index (χ3v) is 2.87. The first-order valence-electron chi connectivity index (χ1n) is 4.14. The molecule has 0 aliphatic heterocycles. The fourth-order valence-electron chi connectivity index (χ4n) is 1.18. The normalized spacial score (nSPS) is 10.2. The van der Waals surface area contributed by atoms with Gasteiger partial charge in [-0.2, -0.15) is 0 Å². The zero-order chi connectivity index (χ0) is 10.8. The Balaban J connectivity index is 2.52. The summed E-state index contributed by atoms with van der Waals surface area (Å²) in [5.41, 5.74) is 0.774. The summed E-state index contributed by atoms with van der Waals surface area (Å²) in [6, 6.07) is 9.27. The first-order valence-corrected chi connectivity index (χ1v) is 5.22. The Morgan fingerprint density at radius 1 is 1.33 bits per heavy atom. The number of aromatic carboxylic acids is 1. The van der Waals surface area contributed by atoms with Crippen LogP contribution in [0.15, 0.2) is 34.9 Å². The van der Waals surface area contributed by atoms with Gasteiger partial charge >= 0.3 is 5.97 Å². The van der Waals surface area contributed by atoms with Crippen molar-refractivity contribution in [2.45, 2.75) is 0 Å². The van der Waals surface area contributed by atoms with E-state index in [4.69, 9.17) is 9.63 Å². The third-order valence-electron chi connectivity index (χ3n) is 1.87. The van der Waals surface area contributed by atoms with E-state index in [0.717, 1.165) is 5.56 Å². The molecule has 5 heteroatoms. The van der Waals surface area contributed by atoms with E-state index in [1.54, 1.807) is 0 Å². The lowest BCUT2D eigenvalue weighted by atomic mass is 10.2. The van der Waals surface area contributed by atoms with Crippen LogP contribution in [-0.4, -0.2) is 16.2 Å². The number of hydrogen-bond acceptors (Lipinski definition) is 3. The lowest BCUT2D eigenvalue weighted by Gasteiger charge is -1.94. The van der Waals surface area contributed by atoms with Crippen LogP contribution in [0.4, 0.5) is 0 Å². The summed E-state index contributed by atoms with van der Waals surface area (Å²) in [4.78, 5) is 10.7. The summed E-state index contributed by atoms with van der Waals surface area (Å²) in [7, 11) is 0. The first-order chi connectivity index (χ1) is 7.20. The second kappa shape index (κ2) is 4.01. The number of carboxylic acids is 1. The van der Waals surface area contributed by atoms with E-state index in [9.17, 15) is 4.79 Å². The molecule has 1 aromatic heterocycles. The zero-order valence-corrected chi connectivity index (χ0v) is 9.63. The Hall–Kier alpha value is -1.37. The number of rotatable bonds is 2. The summed E-state index contributed by atoms with van der Waals surface area (Å²) in [5, 5.41) is 12.3. The van der Waals surface area contributed by atoms with Crippen LogP contribution in [0.25, 0.3) is 11.3 Å². The van der Waals surface area contributed by atoms with Gasteiger partial charge in [-0.05, 0) is 22.6 Å². The maximum Gasteiger partial charge on any atom is 0.359 e. The van der Waals surface area contributed by atoms with Gasteiger partial charge in [-0.15, -0.1) is 0 Å². The number of halogens is 1. The summed E-state index contributed by atoms with van der Waals surface area (Å²) in [6.45, 7) is 0. The van der Waals surface area contributed by atoms with Crippen LogP contribution in [0.5, 0.6) is 0 Å². The Morgan fingerprint density at radius 2 is 2.00 bits per heavy atom. The molecule has 0 amide bonds. The quantitative estimate of drug-likeness (QED) is 0.866. The lowest BCUT2D eigenvalue weighted by molar-refractivity contribution is 0.0685. The molecule has 0 aliphatic rings. The molecule has 1 N–H and O–H groups in total. The van der Waals surface area contributed by atoms with Crippen molar-refractivity contribution in [3.8, 4) is 11.3 Å². The standard InChI is InChI=1S/C10H6INO3/c11-7-8(10(13)14)12-15-9(7)6-4-2-1-3-5-6/h1-5H,(H,13,14). The second-order valence-corrected chi connectivity index (χ2v) is 3.92. The molecule has 0 atom stereocenters. The number of carboxylic acid groups (broad SMARTS) is 1. The minimum absolute atomic E-state index is 0.0468. The monoisotopic (exact) mass is 315 g/mol. The molecule has 0 radical (unpaired) electrons. The Bertz CT molecular complexity index is 493. The predicted molar refractivity (Wildman–Crippen MR) is 61.6 cm³/mol. The number of nitrogens with zero attached hydrogens (tertiary/aromatic N) is 1. The van der Waals surface area contributed by atoms with Gasteiger partial charge in [-0.25, -0.2) is 4.79 Å². The van der Waals surface area contributed by atoms with Crippen LogP contribution < -0.4 is 0 Å². The molecule has 0 fully saturated rings. The van der Waals surface area contributed by atoms with E-state index in [1.807, 2.05) is 52.9 Å². The highest BCUT2D eigenvalue weighted by Crippen LogP contribution is 2.27. The smallest absolute Gasteiger partial charge is 0.359 e. The first kappa shape index (κ1) is 10.2. The molecule has 15 heavy (non-hydrogen) atoms. The van der Waals surface area contributed by atoms with Gasteiger partial charge in [-0.1, -0.05) is 35.5 Å². The molecule has 2 rings (SSSR count). The van der Waals surface area contributed by atoms with Gasteiger partial charge in [0.2, 0.25) is 5.69 Å². The Labute approximate surface area is 99.0 Å². The van der Waals surface area contributed by atoms with E-state index < -0.39 is 5.97 Å². The fourth-order valence-corrected chi connectivity index (χ4v) is 1.92. The Morgan fingerprint density at radius 3 is 2.53 bits per heavy atom. The topological polar surface area (TPSA) is 63.3 Å². The molecule has 1 heterocycles. The van der Waals surface area contributed by atoms with Gasteiger partial charge in [-0.3, -0.25) is 0 Å². The van der Waals surface area contributed by atoms with Gasteiger partial charge in [0.05, 0.1) is 3.57 Å². The molecular weight excluding hydrogens is 309 g/mol. The van der Waals surface area contributed by atoms with Crippen molar-refractivity contribution >= 4 is 28.6 Å². The van der Waals surface area contributed by atoms with Gasteiger partial charge < -0.3 is 9.63 Å². The second-order valence-electron chi connectivity index (χ2n) is 2.85. The summed E-state index contributed by atoms with van der Waals surface area (Å²) < 4.78 is 5.52. The van der Waals surface area contributed by atoms with Crippen molar-refractivity contribution in [3.63, 3.8) is 0 Å². The van der Waals surface area contributed by atoms with Crippen molar-refractivity contribution in [3.05, 3.63) is 39.6 Å². The largest absolute Gasteiger partial charge is 0.476 e. The van der Waals surface area contributed by atoms with Gasteiger partial charge in [0.15, 0.2) is 5.76 Å². The Kier molecular flexibility index (Phi) is 2.72. The van der Waals surface area contributed by atoms with Crippen LogP contribution in [0.1, 0.15) is 10.5 Å². The molecule has 0 unspecified atom stereocenters. The van der Waals surface area contributed by atoms with Crippen molar-refractivity contribution in [2.24, 2.45) is 0 Å². The summed E-state index contributed by atoms with van der Waals surface area (Å²) in [5.74, 6) is -0.584. The maximum atomic E-state index is 10.7. The van der Waals surface area contributed by atoms with E-state index >= 15 is 0 Å². The average molecular weight is 315 g/mol. The van der Waals surface area contributed by atoms with E-state index in [2.05, 4.69) is 5.16 Å². The van der Waals surface area contributed by atoms with Crippen molar-refractivity contribution in [1.29, 1.82) is 0 Å². The maximum absolute atomic E-state index is 10.7. The van der Waals surface area contributed by atoms with E-state index in [-0.39, 0.29) is 5.69 Å². The summed E-state index contributed by atoms with van der Waals surface area (Å²) >= 11 is 1.92. The number of carbonyl (C=O) groups is 1. The van der Waals surface area contributed by atoms with Crippen LogP contribution in [0, 0.1) is 3.57 Å². The van der Waals surface area contributed by atoms with Gasteiger partial charge in [0.25, 0.3) is 0 Å². The molecule has 2 aromatic rings. The minimum atomic E-state index is -1.08. The van der Waals surface area contributed by atoms with Gasteiger partial charge in [0, 0.05) is 5.56 Å². The molecular formula is C10H6INO3. The SMILES string of the molecule is O=C(O)c1noc(-c2ccccc2)c1I. The fraction of sp³-hybridized carbons (Fsp3) is 0. The molecule has 0 aliphatic carbocycles. The van der Waals surface area contributed by atoms with Crippen molar-refractivity contribution in [2.75, 3.05) is 0 Å². The molecule has 0 bridgehead atoms. The van der Waals surface area contributed by atoms with Crippen LogP contribution >= 0.6 is 22.6 Å². The molecule has 0 saturated heterocycles. The van der Waals surface area contributed by atoms with E-state index in [0.29, 0.717) is 9.33 Å². The van der Waals surface area contributed by atoms with Crippen LogP contribution in [-0.2, 0) is 0 Å².